The number of ether oxygens (including phenoxy) is 1. The number of aryl methyl sites for hydroxylation is 1. The van der Waals surface area contributed by atoms with Gasteiger partial charge in [-0.25, -0.2) is 10.1 Å². The predicted octanol–water partition coefficient (Wildman–Crippen LogP) is 7.35. The monoisotopic (exact) mass is 562 g/mol. The number of alkyl halides is 3. The number of nitrogens with zero attached hydrogens (tertiary/aromatic N) is 3. The van der Waals surface area contributed by atoms with Crippen LogP contribution in [0.3, 0.4) is 0 Å². The third kappa shape index (κ3) is 6.00. The van der Waals surface area contributed by atoms with Gasteiger partial charge in [0.05, 0.1) is 28.7 Å². The van der Waals surface area contributed by atoms with Crippen molar-refractivity contribution in [2.75, 3.05) is 0 Å². The molecule has 0 aliphatic rings. The van der Waals surface area contributed by atoms with Crippen LogP contribution in [0.1, 0.15) is 32.7 Å². The lowest BCUT2D eigenvalue weighted by atomic mass is 10.1. The van der Waals surface area contributed by atoms with E-state index in [4.69, 9.17) is 16.3 Å². The lowest BCUT2D eigenvalue weighted by molar-refractivity contribution is -0.137. The SMILES string of the molecule is Cc1nn(-c2cccc(C(F)(F)F)c2)c(Cl)c1/C=N/NC(=O)c1ccc(COc2ccc3ccccc3c2)cc1. The molecular formula is C30H22ClF3N4O2. The van der Waals surface area contributed by atoms with Crippen LogP contribution < -0.4 is 10.2 Å². The summed E-state index contributed by atoms with van der Waals surface area (Å²) in [5.41, 5.74) is 3.82. The fourth-order valence-electron chi connectivity index (χ4n) is 4.04. The first-order valence-electron chi connectivity index (χ1n) is 12.2. The average Bonchev–Trinajstić information content (AvgIpc) is 3.24. The maximum Gasteiger partial charge on any atom is 0.416 e. The highest BCUT2D eigenvalue weighted by Crippen LogP contribution is 2.31. The number of rotatable bonds is 7. The highest BCUT2D eigenvalue weighted by atomic mass is 35.5. The molecule has 1 N–H and O–H groups in total. The first kappa shape index (κ1) is 27.0. The van der Waals surface area contributed by atoms with E-state index in [-0.39, 0.29) is 10.8 Å². The van der Waals surface area contributed by atoms with Gasteiger partial charge in [-0.1, -0.05) is 60.1 Å². The number of hydrogen-bond acceptors (Lipinski definition) is 4. The van der Waals surface area contributed by atoms with Gasteiger partial charge in [0.1, 0.15) is 17.5 Å². The molecule has 0 unspecified atom stereocenters. The van der Waals surface area contributed by atoms with Gasteiger partial charge in [-0.05, 0) is 65.7 Å². The van der Waals surface area contributed by atoms with Gasteiger partial charge < -0.3 is 4.74 Å². The van der Waals surface area contributed by atoms with Crippen molar-refractivity contribution in [3.63, 3.8) is 0 Å². The molecule has 40 heavy (non-hydrogen) atoms. The molecule has 10 heteroatoms. The van der Waals surface area contributed by atoms with Gasteiger partial charge in [0.15, 0.2) is 0 Å². The van der Waals surface area contributed by atoms with Crippen molar-refractivity contribution < 1.29 is 22.7 Å². The zero-order valence-corrected chi connectivity index (χ0v) is 21.9. The number of halogens is 4. The van der Waals surface area contributed by atoms with Crippen molar-refractivity contribution in [2.24, 2.45) is 5.10 Å². The third-order valence-corrected chi connectivity index (χ3v) is 6.53. The molecule has 6 nitrogen and oxygen atoms in total. The molecule has 0 saturated heterocycles. The average molecular weight is 563 g/mol. The summed E-state index contributed by atoms with van der Waals surface area (Å²) in [7, 11) is 0. The van der Waals surface area contributed by atoms with Gasteiger partial charge in [-0.3, -0.25) is 4.79 Å². The lowest BCUT2D eigenvalue weighted by Gasteiger charge is -2.09. The van der Waals surface area contributed by atoms with Crippen molar-refractivity contribution in [1.29, 1.82) is 0 Å². The van der Waals surface area contributed by atoms with Crippen LogP contribution in [-0.2, 0) is 12.8 Å². The van der Waals surface area contributed by atoms with E-state index in [9.17, 15) is 18.0 Å². The molecule has 1 amide bonds. The molecule has 0 radical (unpaired) electrons. The maximum atomic E-state index is 13.1. The second-order valence-corrected chi connectivity index (χ2v) is 9.30. The molecule has 1 heterocycles. The van der Waals surface area contributed by atoms with Crippen LogP contribution >= 0.6 is 11.6 Å². The lowest BCUT2D eigenvalue weighted by Crippen LogP contribution is -2.17. The quantitative estimate of drug-likeness (QED) is 0.167. The van der Waals surface area contributed by atoms with Crippen molar-refractivity contribution in [3.8, 4) is 11.4 Å². The van der Waals surface area contributed by atoms with E-state index in [1.807, 2.05) is 42.5 Å². The molecule has 1 aromatic heterocycles. The topological polar surface area (TPSA) is 68.5 Å². The second-order valence-electron chi connectivity index (χ2n) is 8.94. The highest BCUT2D eigenvalue weighted by Gasteiger charge is 2.30. The minimum Gasteiger partial charge on any atom is -0.489 e. The zero-order valence-electron chi connectivity index (χ0n) is 21.1. The minimum absolute atomic E-state index is 0.0607. The first-order chi connectivity index (χ1) is 19.2. The Kier molecular flexibility index (Phi) is 7.57. The summed E-state index contributed by atoms with van der Waals surface area (Å²) in [4.78, 5) is 12.6. The van der Waals surface area contributed by atoms with E-state index in [1.54, 1.807) is 31.2 Å². The molecular weight excluding hydrogens is 541 g/mol. The standard InChI is InChI=1S/C30H22ClF3N4O2/c1-19-27(28(31)38(37-19)25-8-4-7-24(16-25)30(32,33)34)17-35-36-29(39)22-11-9-20(10-12-22)18-40-26-14-13-21-5-2-3-6-23(21)15-26/h2-17H,18H2,1H3,(H,36,39)/b35-17+. The number of carbonyl (C=O) groups is 1. The number of aromatic nitrogens is 2. The molecule has 0 aliphatic heterocycles. The minimum atomic E-state index is -4.50. The van der Waals surface area contributed by atoms with Gasteiger partial charge in [-0.2, -0.15) is 23.4 Å². The normalized spacial score (nSPS) is 11.7. The van der Waals surface area contributed by atoms with E-state index in [2.05, 4.69) is 15.6 Å². The van der Waals surface area contributed by atoms with Gasteiger partial charge in [-0.15, -0.1) is 0 Å². The number of hydrogen-bond donors (Lipinski definition) is 1. The summed E-state index contributed by atoms with van der Waals surface area (Å²) >= 11 is 6.39. The molecule has 0 atom stereocenters. The van der Waals surface area contributed by atoms with E-state index >= 15 is 0 Å². The Balaban J connectivity index is 1.21. The van der Waals surface area contributed by atoms with Crippen LogP contribution in [0.15, 0.2) is 96.1 Å². The fraction of sp³-hybridized carbons (Fsp3) is 0.100. The fourth-order valence-corrected chi connectivity index (χ4v) is 4.36. The third-order valence-electron chi connectivity index (χ3n) is 6.17. The van der Waals surface area contributed by atoms with Crippen LogP contribution in [0.4, 0.5) is 13.2 Å². The smallest absolute Gasteiger partial charge is 0.416 e. The highest BCUT2D eigenvalue weighted by molar-refractivity contribution is 6.32. The van der Waals surface area contributed by atoms with Crippen molar-refractivity contribution in [2.45, 2.75) is 19.7 Å². The molecule has 5 rings (SSSR count). The van der Waals surface area contributed by atoms with Crippen LogP contribution in [-0.4, -0.2) is 21.9 Å². The van der Waals surface area contributed by atoms with Crippen molar-refractivity contribution in [3.05, 3.63) is 124 Å². The Morgan fingerprint density at radius 3 is 2.50 bits per heavy atom. The summed E-state index contributed by atoms with van der Waals surface area (Å²) in [6, 6.07) is 25.5. The number of benzene rings is 4. The van der Waals surface area contributed by atoms with Crippen LogP contribution in [0, 0.1) is 6.92 Å². The number of nitrogens with one attached hydrogen (secondary N) is 1. The zero-order chi connectivity index (χ0) is 28.3. The summed E-state index contributed by atoms with van der Waals surface area (Å²) < 4.78 is 46.4. The van der Waals surface area contributed by atoms with E-state index in [1.165, 1.54) is 23.0 Å². The Labute approximate surface area is 232 Å². The molecule has 0 bridgehead atoms. The Bertz CT molecular complexity index is 1710. The molecule has 0 saturated carbocycles. The molecule has 0 fully saturated rings. The second kappa shape index (κ2) is 11.2. The molecule has 202 valence electrons. The van der Waals surface area contributed by atoms with Crippen LogP contribution in [0.25, 0.3) is 16.5 Å². The van der Waals surface area contributed by atoms with Crippen LogP contribution in [0.2, 0.25) is 5.15 Å². The summed E-state index contributed by atoms with van der Waals surface area (Å²) in [6.45, 7) is 1.98. The Morgan fingerprint density at radius 1 is 1.00 bits per heavy atom. The van der Waals surface area contributed by atoms with Gasteiger partial charge in [0, 0.05) is 5.56 Å². The maximum absolute atomic E-state index is 13.1. The number of carbonyl (C=O) groups excluding carboxylic acids is 1. The molecule has 0 spiro atoms. The first-order valence-corrected chi connectivity index (χ1v) is 12.5. The number of amides is 1. The Hall–Kier alpha value is -4.63. The largest absolute Gasteiger partial charge is 0.489 e. The summed E-state index contributed by atoms with van der Waals surface area (Å²) in [6.07, 6.45) is -3.19. The van der Waals surface area contributed by atoms with E-state index in [0.29, 0.717) is 23.4 Å². The summed E-state index contributed by atoms with van der Waals surface area (Å²) in [5.74, 6) is 0.303. The van der Waals surface area contributed by atoms with Crippen LogP contribution in [0.5, 0.6) is 5.75 Å². The molecule has 4 aromatic carbocycles. The van der Waals surface area contributed by atoms with Crippen molar-refractivity contribution >= 4 is 34.5 Å². The Morgan fingerprint density at radius 2 is 1.75 bits per heavy atom. The van der Waals surface area contributed by atoms with E-state index in [0.717, 1.165) is 34.2 Å². The molecule has 0 aliphatic carbocycles. The van der Waals surface area contributed by atoms with Gasteiger partial charge in [0.2, 0.25) is 0 Å². The predicted molar refractivity (Wildman–Crippen MR) is 148 cm³/mol. The van der Waals surface area contributed by atoms with Crippen molar-refractivity contribution in [1.82, 2.24) is 15.2 Å². The number of hydrazone groups is 1. The van der Waals surface area contributed by atoms with Gasteiger partial charge in [0.25, 0.3) is 5.91 Å². The summed E-state index contributed by atoms with van der Waals surface area (Å²) in [5, 5.41) is 10.5. The molecule has 5 aromatic rings. The number of fused-ring (bicyclic) bond motifs is 1. The van der Waals surface area contributed by atoms with Gasteiger partial charge >= 0.3 is 6.18 Å². The van der Waals surface area contributed by atoms with E-state index < -0.39 is 17.6 Å².